The molecule has 4 nitrogen and oxygen atoms in total. The molecule has 0 spiro atoms. The molecule has 0 amide bonds. The van der Waals surface area contributed by atoms with Gasteiger partial charge in [-0.25, -0.2) is 9.07 Å². The first kappa shape index (κ1) is 9.64. The summed E-state index contributed by atoms with van der Waals surface area (Å²) in [5.41, 5.74) is 6.43. The molecule has 0 aliphatic carbocycles. The highest BCUT2D eigenvalue weighted by Gasteiger charge is 2.04. The van der Waals surface area contributed by atoms with E-state index in [0.29, 0.717) is 18.3 Å². The number of nitrogen functional groups attached to an aromatic ring is 1. The first-order chi connectivity index (χ1) is 7.15. The number of nitrogens with two attached hydrogens (primary N) is 1. The van der Waals surface area contributed by atoms with Crippen LogP contribution in [0.2, 0.25) is 0 Å². The molecule has 0 atom stereocenters. The largest absolute Gasteiger partial charge is 0.368 e. The van der Waals surface area contributed by atoms with E-state index in [1.54, 1.807) is 17.7 Å². The van der Waals surface area contributed by atoms with Crippen LogP contribution in [-0.4, -0.2) is 14.8 Å². The monoisotopic (exact) mass is 206 g/mol. The highest BCUT2D eigenvalue weighted by molar-refractivity contribution is 5.21. The minimum absolute atomic E-state index is 0.261. The summed E-state index contributed by atoms with van der Waals surface area (Å²) in [5.74, 6) is 0.698. The molecular formula is C10H11FN4. The zero-order valence-electron chi connectivity index (χ0n) is 8.31. The number of rotatable bonds is 2. The highest BCUT2D eigenvalue weighted by atomic mass is 19.1. The normalized spacial score (nSPS) is 10.5. The standard InChI is InChI=1S/C10H11FN4/c1-7-13-10(12)15(14-7)6-8-3-2-4-9(11)5-8/h2-5H,6H2,1H3,(H2,12,13,14). The van der Waals surface area contributed by atoms with Crippen LogP contribution in [0.1, 0.15) is 11.4 Å². The van der Waals surface area contributed by atoms with Crippen molar-refractivity contribution in [1.29, 1.82) is 0 Å². The molecule has 2 rings (SSSR count). The lowest BCUT2D eigenvalue weighted by atomic mass is 10.2. The molecule has 2 N–H and O–H groups in total. The van der Waals surface area contributed by atoms with E-state index < -0.39 is 0 Å². The van der Waals surface area contributed by atoms with Crippen molar-refractivity contribution in [2.75, 3.05) is 5.73 Å². The van der Waals surface area contributed by atoms with E-state index in [4.69, 9.17) is 5.73 Å². The summed E-state index contributed by atoms with van der Waals surface area (Å²) in [7, 11) is 0. The number of hydrogen-bond acceptors (Lipinski definition) is 3. The topological polar surface area (TPSA) is 56.7 Å². The van der Waals surface area contributed by atoms with E-state index in [0.717, 1.165) is 5.56 Å². The molecule has 0 saturated carbocycles. The van der Waals surface area contributed by atoms with Crippen molar-refractivity contribution < 1.29 is 4.39 Å². The Morgan fingerprint density at radius 3 is 2.87 bits per heavy atom. The SMILES string of the molecule is Cc1nc(N)n(Cc2cccc(F)c2)n1. The minimum atomic E-state index is -0.261. The van der Waals surface area contributed by atoms with Gasteiger partial charge in [0.2, 0.25) is 5.95 Å². The van der Waals surface area contributed by atoms with Gasteiger partial charge in [0.25, 0.3) is 0 Å². The maximum Gasteiger partial charge on any atom is 0.219 e. The van der Waals surface area contributed by atoms with E-state index in [1.807, 2.05) is 6.07 Å². The van der Waals surface area contributed by atoms with Crippen LogP contribution in [0.15, 0.2) is 24.3 Å². The summed E-state index contributed by atoms with van der Waals surface area (Å²) in [6, 6.07) is 6.33. The van der Waals surface area contributed by atoms with Crippen LogP contribution in [-0.2, 0) is 6.54 Å². The van der Waals surface area contributed by atoms with Crippen LogP contribution in [0.5, 0.6) is 0 Å². The third-order valence-electron chi connectivity index (χ3n) is 2.03. The van der Waals surface area contributed by atoms with E-state index in [2.05, 4.69) is 10.1 Å². The second-order valence-corrected chi connectivity index (χ2v) is 3.30. The maximum absolute atomic E-state index is 12.9. The zero-order chi connectivity index (χ0) is 10.8. The van der Waals surface area contributed by atoms with Gasteiger partial charge < -0.3 is 5.73 Å². The molecule has 2 aromatic rings. The third-order valence-corrected chi connectivity index (χ3v) is 2.03. The quantitative estimate of drug-likeness (QED) is 0.807. The lowest BCUT2D eigenvalue weighted by molar-refractivity contribution is 0.619. The molecule has 78 valence electrons. The lowest BCUT2D eigenvalue weighted by Gasteiger charge is -2.02. The summed E-state index contributed by atoms with van der Waals surface area (Å²) in [6.45, 7) is 2.20. The predicted molar refractivity (Wildman–Crippen MR) is 54.7 cm³/mol. The van der Waals surface area contributed by atoms with Crippen molar-refractivity contribution in [2.45, 2.75) is 13.5 Å². The van der Waals surface area contributed by atoms with Crippen molar-refractivity contribution in [3.63, 3.8) is 0 Å². The van der Waals surface area contributed by atoms with Crippen molar-refractivity contribution in [1.82, 2.24) is 14.8 Å². The van der Waals surface area contributed by atoms with Crippen LogP contribution in [0.4, 0.5) is 10.3 Å². The summed E-state index contributed by atoms with van der Waals surface area (Å²) < 4.78 is 14.4. The average molecular weight is 206 g/mol. The van der Waals surface area contributed by atoms with Crippen LogP contribution in [0.25, 0.3) is 0 Å². The molecule has 0 unspecified atom stereocenters. The number of benzene rings is 1. The van der Waals surface area contributed by atoms with Crippen LogP contribution < -0.4 is 5.73 Å². The molecule has 1 heterocycles. The number of aromatic nitrogens is 3. The van der Waals surface area contributed by atoms with Crippen molar-refractivity contribution in [3.8, 4) is 0 Å². The van der Waals surface area contributed by atoms with Gasteiger partial charge in [-0.3, -0.25) is 0 Å². The number of nitrogens with zero attached hydrogens (tertiary/aromatic N) is 3. The Hall–Kier alpha value is -1.91. The smallest absolute Gasteiger partial charge is 0.219 e. The molecule has 0 aliphatic heterocycles. The average Bonchev–Trinajstić information content (AvgIpc) is 2.45. The second-order valence-electron chi connectivity index (χ2n) is 3.30. The molecular weight excluding hydrogens is 195 g/mol. The Bertz CT molecular complexity index is 478. The maximum atomic E-state index is 12.9. The Kier molecular flexibility index (Phi) is 2.37. The predicted octanol–water partition coefficient (Wildman–Crippen LogP) is 1.36. The minimum Gasteiger partial charge on any atom is -0.368 e. The molecule has 0 fully saturated rings. The van der Waals surface area contributed by atoms with E-state index in [1.165, 1.54) is 12.1 Å². The lowest BCUT2D eigenvalue weighted by Crippen LogP contribution is -2.06. The Balaban J connectivity index is 2.25. The first-order valence-electron chi connectivity index (χ1n) is 4.56. The summed E-state index contributed by atoms with van der Waals surface area (Å²) >= 11 is 0. The molecule has 0 saturated heterocycles. The third kappa shape index (κ3) is 2.12. The van der Waals surface area contributed by atoms with Gasteiger partial charge in [-0.1, -0.05) is 12.1 Å². The zero-order valence-corrected chi connectivity index (χ0v) is 8.31. The molecule has 5 heteroatoms. The summed E-state index contributed by atoms with van der Waals surface area (Å²) in [6.07, 6.45) is 0. The summed E-state index contributed by atoms with van der Waals surface area (Å²) in [4.78, 5) is 3.97. The van der Waals surface area contributed by atoms with Gasteiger partial charge >= 0.3 is 0 Å². The second kappa shape index (κ2) is 3.68. The van der Waals surface area contributed by atoms with E-state index >= 15 is 0 Å². The fraction of sp³-hybridized carbons (Fsp3) is 0.200. The number of hydrogen-bond donors (Lipinski definition) is 1. The van der Waals surface area contributed by atoms with Crippen LogP contribution >= 0.6 is 0 Å². The van der Waals surface area contributed by atoms with Gasteiger partial charge in [0, 0.05) is 0 Å². The van der Waals surface area contributed by atoms with Crippen molar-refractivity contribution >= 4 is 5.95 Å². The van der Waals surface area contributed by atoms with Crippen molar-refractivity contribution in [2.24, 2.45) is 0 Å². The molecule has 1 aromatic carbocycles. The van der Waals surface area contributed by atoms with Gasteiger partial charge in [-0.2, -0.15) is 10.1 Å². The van der Waals surface area contributed by atoms with Gasteiger partial charge in [0.15, 0.2) is 0 Å². The van der Waals surface area contributed by atoms with Crippen LogP contribution in [0.3, 0.4) is 0 Å². The van der Waals surface area contributed by atoms with Gasteiger partial charge in [0.1, 0.15) is 11.6 Å². The molecule has 1 aromatic heterocycles. The van der Waals surface area contributed by atoms with Gasteiger partial charge in [-0.05, 0) is 24.6 Å². The Morgan fingerprint density at radius 2 is 2.27 bits per heavy atom. The number of anilines is 1. The molecule has 15 heavy (non-hydrogen) atoms. The number of halogens is 1. The molecule has 0 radical (unpaired) electrons. The Morgan fingerprint density at radius 1 is 1.47 bits per heavy atom. The Labute approximate surface area is 86.6 Å². The van der Waals surface area contributed by atoms with E-state index in [-0.39, 0.29) is 5.82 Å². The molecule has 0 bridgehead atoms. The molecule has 0 aliphatic rings. The van der Waals surface area contributed by atoms with Gasteiger partial charge in [-0.15, -0.1) is 0 Å². The summed E-state index contributed by atoms with van der Waals surface area (Å²) in [5, 5.41) is 4.09. The fourth-order valence-corrected chi connectivity index (χ4v) is 1.40. The van der Waals surface area contributed by atoms with E-state index in [9.17, 15) is 4.39 Å². The highest BCUT2D eigenvalue weighted by Crippen LogP contribution is 2.07. The van der Waals surface area contributed by atoms with Crippen molar-refractivity contribution in [3.05, 3.63) is 41.5 Å². The first-order valence-corrected chi connectivity index (χ1v) is 4.56. The van der Waals surface area contributed by atoms with Gasteiger partial charge in [0.05, 0.1) is 6.54 Å². The number of aryl methyl sites for hydroxylation is 1. The van der Waals surface area contributed by atoms with Crippen LogP contribution in [0, 0.1) is 12.7 Å². The fourth-order valence-electron chi connectivity index (χ4n) is 1.40.